The van der Waals surface area contributed by atoms with Gasteiger partial charge in [0.25, 0.3) is 0 Å². The highest BCUT2D eigenvalue weighted by Gasteiger charge is 2.15. The average Bonchev–Trinajstić information content (AvgIpc) is 2.61. The van der Waals surface area contributed by atoms with Gasteiger partial charge in [0.2, 0.25) is 0 Å². The smallest absolute Gasteiger partial charge is 0.119 e. The first-order valence-electron chi connectivity index (χ1n) is 4.69. The third kappa shape index (κ3) is 9.68. The molecule has 1 aliphatic carbocycles. The summed E-state index contributed by atoms with van der Waals surface area (Å²) in [7, 11) is -1.83. The quantitative estimate of drug-likeness (QED) is 0.521. The monoisotopic (exact) mass is 205 g/mol. The first-order valence-corrected chi connectivity index (χ1v) is 5.78. The van der Waals surface area contributed by atoms with E-state index in [2.05, 4.69) is 21.2 Å². The molecule has 0 amide bonds. The van der Waals surface area contributed by atoms with Crippen LogP contribution in [0.4, 0.5) is 0 Å². The first-order chi connectivity index (χ1) is 6.31. The minimum atomic E-state index is -1.83. The van der Waals surface area contributed by atoms with Crippen molar-refractivity contribution in [2.75, 3.05) is 13.2 Å². The van der Waals surface area contributed by atoms with Crippen molar-refractivity contribution >= 4 is 8.25 Å². The van der Waals surface area contributed by atoms with E-state index in [1.165, 1.54) is 19.3 Å². The summed E-state index contributed by atoms with van der Waals surface area (Å²) in [6.07, 6.45) is 8.50. The van der Waals surface area contributed by atoms with Gasteiger partial charge >= 0.3 is 8.25 Å². The Balaban J connectivity index is 0.000000243. The molecule has 0 spiro atoms. The number of hydrogen-bond donors (Lipinski definition) is 0. The summed E-state index contributed by atoms with van der Waals surface area (Å²) in [5, 5.41) is 0. The van der Waals surface area contributed by atoms with Crippen molar-refractivity contribution in [3.8, 4) is 0 Å². The van der Waals surface area contributed by atoms with E-state index >= 15 is 0 Å². The number of hydrogen-bond acceptors (Lipinski definition) is 3. The van der Waals surface area contributed by atoms with E-state index in [0.29, 0.717) is 13.2 Å². The molecule has 0 saturated heterocycles. The molecule has 3 nitrogen and oxygen atoms in total. The largest absolute Gasteiger partial charge is 0.697 e. The van der Waals surface area contributed by atoms with Crippen LogP contribution in [0, 0.1) is 0 Å². The van der Waals surface area contributed by atoms with Crippen LogP contribution in [0.2, 0.25) is 0 Å². The van der Waals surface area contributed by atoms with Crippen molar-refractivity contribution < 1.29 is 13.6 Å². The van der Waals surface area contributed by atoms with Crippen LogP contribution in [-0.2, 0) is 13.6 Å². The van der Waals surface area contributed by atoms with Crippen molar-refractivity contribution in [3.05, 3.63) is 12.2 Å². The molecule has 0 fully saturated rings. The van der Waals surface area contributed by atoms with E-state index in [0.717, 1.165) is 0 Å². The molecule has 0 aromatic heterocycles. The normalized spacial score (nSPS) is 13.7. The average molecular weight is 205 g/mol. The van der Waals surface area contributed by atoms with Crippen molar-refractivity contribution in [2.45, 2.75) is 33.1 Å². The molecule has 0 atom stereocenters. The molecular formula is C9H18O3P+. The van der Waals surface area contributed by atoms with Crippen LogP contribution in [0.3, 0.4) is 0 Å². The van der Waals surface area contributed by atoms with Crippen molar-refractivity contribution in [2.24, 2.45) is 0 Å². The van der Waals surface area contributed by atoms with Gasteiger partial charge < -0.3 is 0 Å². The summed E-state index contributed by atoms with van der Waals surface area (Å²) in [5.74, 6) is 0. The van der Waals surface area contributed by atoms with Gasteiger partial charge in [-0.25, -0.2) is 0 Å². The molecule has 76 valence electrons. The molecular weight excluding hydrogens is 187 g/mol. The Morgan fingerprint density at radius 2 is 1.62 bits per heavy atom. The van der Waals surface area contributed by atoms with Gasteiger partial charge in [0.15, 0.2) is 0 Å². The van der Waals surface area contributed by atoms with E-state index < -0.39 is 8.25 Å². The minimum absolute atomic E-state index is 0.440. The zero-order valence-electron chi connectivity index (χ0n) is 8.36. The van der Waals surface area contributed by atoms with E-state index in [4.69, 9.17) is 0 Å². The van der Waals surface area contributed by atoms with Crippen LogP contribution in [0.25, 0.3) is 0 Å². The Bertz CT molecular complexity index is 143. The highest BCUT2D eigenvalue weighted by molar-refractivity contribution is 7.33. The Hall–Kier alpha value is -0.240. The molecule has 1 aliphatic rings. The maximum absolute atomic E-state index is 10.3. The fourth-order valence-corrected chi connectivity index (χ4v) is 1.33. The number of rotatable bonds is 4. The predicted molar refractivity (Wildman–Crippen MR) is 53.8 cm³/mol. The van der Waals surface area contributed by atoms with Crippen molar-refractivity contribution in [3.63, 3.8) is 0 Å². The minimum Gasteiger partial charge on any atom is -0.119 e. The Morgan fingerprint density at radius 1 is 1.15 bits per heavy atom. The van der Waals surface area contributed by atoms with Gasteiger partial charge in [0.05, 0.1) is 0 Å². The van der Waals surface area contributed by atoms with Gasteiger partial charge in [-0.05, 0) is 33.1 Å². The Labute approximate surface area is 81.1 Å². The number of allylic oxidation sites excluding steroid dienone is 2. The lowest BCUT2D eigenvalue weighted by atomic mass is 10.4. The molecule has 0 radical (unpaired) electrons. The highest BCUT2D eigenvalue weighted by atomic mass is 31.1. The summed E-state index contributed by atoms with van der Waals surface area (Å²) >= 11 is 0. The molecule has 13 heavy (non-hydrogen) atoms. The van der Waals surface area contributed by atoms with Gasteiger partial charge in [-0.3, -0.25) is 0 Å². The maximum atomic E-state index is 10.3. The molecule has 0 aromatic carbocycles. The van der Waals surface area contributed by atoms with Gasteiger partial charge in [0.1, 0.15) is 13.2 Å². The van der Waals surface area contributed by atoms with Crippen molar-refractivity contribution in [1.82, 2.24) is 0 Å². The van der Waals surface area contributed by atoms with E-state index in [-0.39, 0.29) is 0 Å². The first kappa shape index (κ1) is 12.8. The molecule has 0 bridgehead atoms. The zero-order valence-corrected chi connectivity index (χ0v) is 9.26. The lowest BCUT2D eigenvalue weighted by Crippen LogP contribution is -1.81. The lowest BCUT2D eigenvalue weighted by molar-refractivity contribution is 0.243. The Morgan fingerprint density at radius 3 is 1.85 bits per heavy atom. The van der Waals surface area contributed by atoms with Gasteiger partial charge in [-0.2, -0.15) is 0 Å². The van der Waals surface area contributed by atoms with Crippen LogP contribution in [0.5, 0.6) is 0 Å². The van der Waals surface area contributed by atoms with Crippen LogP contribution in [0.1, 0.15) is 33.1 Å². The summed E-state index contributed by atoms with van der Waals surface area (Å²) < 4.78 is 19.5. The summed E-state index contributed by atoms with van der Waals surface area (Å²) in [6, 6.07) is 0. The second-order valence-electron chi connectivity index (χ2n) is 2.46. The molecule has 0 saturated carbocycles. The second-order valence-corrected chi connectivity index (χ2v) is 3.43. The molecule has 1 rings (SSSR count). The zero-order chi connectivity index (χ0) is 9.94. The lowest BCUT2D eigenvalue weighted by Gasteiger charge is -1.78. The molecule has 0 N–H and O–H groups in total. The van der Waals surface area contributed by atoms with Gasteiger partial charge in [0, 0.05) is 4.57 Å². The van der Waals surface area contributed by atoms with Crippen LogP contribution >= 0.6 is 8.25 Å². The van der Waals surface area contributed by atoms with Crippen molar-refractivity contribution in [1.29, 1.82) is 0 Å². The topological polar surface area (TPSA) is 35.5 Å². The predicted octanol–water partition coefficient (Wildman–Crippen LogP) is 3.44. The summed E-state index contributed by atoms with van der Waals surface area (Å²) in [4.78, 5) is 0. The fraction of sp³-hybridized carbons (Fsp3) is 0.778. The molecule has 0 aromatic rings. The standard InChI is InChI=1S/C5H8.C4H10O3P/c1-2-4-5-3-1;1-3-6-8(5)7-4-2/h1-2H,3-5H2;3-4H2,1-2H3/q;+1. The third-order valence-electron chi connectivity index (χ3n) is 1.38. The fourth-order valence-electron chi connectivity index (χ4n) is 0.837. The van der Waals surface area contributed by atoms with Gasteiger partial charge in [-0.15, -0.1) is 9.05 Å². The molecule has 0 unspecified atom stereocenters. The maximum Gasteiger partial charge on any atom is 0.697 e. The van der Waals surface area contributed by atoms with Crippen LogP contribution < -0.4 is 0 Å². The SMILES string of the molecule is C1=CCCC1.CCO[P+](=O)OCC. The van der Waals surface area contributed by atoms with Gasteiger partial charge in [-0.1, -0.05) is 12.2 Å². The van der Waals surface area contributed by atoms with E-state index in [1.54, 1.807) is 13.8 Å². The van der Waals surface area contributed by atoms with E-state index in [1.807, 2.05) is 0 Å². The van der Waals surface area contributed by atoms with Crippen LogP contribution in [0.15, 0.2) is 12.2 Å². The third-order valence-corrected chi connectivity index (χ3v) is 2.32. The summed E-state index contributed by atoms with van der Waals surface area (Å²) in [5.41, 5.74) is 0. The Kier molecular flexibility index (Phi) is 9.66. The molecule has 0 aliphatic heterocycles. The van der Waals surface area contributed by atoms with Crippen LogP contribution in [-0.4, -0.2) is 13.2 Å². The second kappa shape index (κ2) is 9.85. The van der Waals surface area contributed by atoms with E-state index in [9.17, 15) is 4.57 Å². The molecule has 4 heteroatoms. The summed E-state index contributed by atoms with van der Waals surface area (Å²) in [6.45, 7) is 4.42. The highest BCUT2D eigenvalue weighted by Crippen LogP contribution is 2.21. The molecule has 0 heterocycles.